The van der Waals surface area contributed by atoms with E-state index in [0.29, 0.717) is 6.42 Å². The van der Waals surface area contributed by atoms with Crippen molar-refractivity contribution in [2.75, 3.05) is 6.54 Å². The minimum atomic E-state index is -0.383. The Balaban J connectivity index is 2.30. The van der Waals surface area contributed by atoms with E-state index in [1.165, 1.54) is 6.07 Å². The van der Waals surface area contributed by atoms with Crippen molar-refractivity contribution in [1.82, 2.24) is 5.32 Å². The Morgan fingerprint density at radius 2 is 1.95 bits per heavy atom. The van der Waals surface area contributed by atoms with Gasteiger partial charge in [-0.1, -0.05) is 54.4 Å². The molecule has 0 fully saturated rings. The fourth-order valence-electron chi connectivity index (χ4n) is 2.31. The molecular formula is C17H18Cl2FN. The van der Waals surface area contributed by atoms with Crippen LogP contribution in [0, 0.1) is 12.7 Å². The van der Waals surface area contributed by atoms with Crippen LogP contribution in [0.4, 0.5) is 4.39 Å². The van der Waals surface area contributed by atoms with Crippen molar-refractivity contribution < 1.29 is 4.39 Å². The highest BCUT2D eigenvalue weighted by Crippen LogP contribution is 2.27. The molecule has 0 aromatic heterocycles. The lowest BCUT2D eigenvalue weighted by Gasteiger charge is -2.20. The first-order valence-electron chi connectivity index (χ1n) is 6.95. The Bertz CT molecular complexity index is 628. The summed E-state index contributed by atoms with van der Waals surface area (Å²) >= 11 is 12.3. The summed E-state index contributed by atoms with van der Waals surface area (Å²) in [5.41, 5.74) is 2.91. The Hall–Kier alpha value is -1.09. The Morgan fingerprint density at radius 3 is 2.62 bits per heavy atom. The first-order valence-corrected chi connectivity index (χ1v) is 7.70. The number of nitrogens with one attached hydrogen (secondary N) is 1. The van der Waals surface area contributed by atoms with Crippen molar-refractivity contribution in [1.29, 1.82) is 0 Å². The van der Waals surface area contributed by atoms with Gasteiger partial charge in [0.05, 0.1) is 5.02 Å². The van der Waals surface area contributed by atoms with Crippen molar-refractivity contribution in [3.63, 3.8) is 0 Å². The van der Waals surface area contributed by atoms with Gasteiger partial charge in [0.2, 0.25) is 0 Å². The van der Waals surface area contributed by atoms with Crippen LogP contribution in [0.2, 0.25) is 10.0 Å². The Labute approximate surface area is 135 Å². The number of benzene rings is 2. The van der Waals surface area contributed by atoms with Crippen molar-refractivity contribution in [3.8, 4) is 0 Å². The van der Waals surface area contributed by atoms with Gasteiger partial charge in [-0.05, 0) is 48.7 Å². The molecule has 0 saturated heterocycles. The predicted molar refractivity (Wildman–Crippen MR) is 87.7 cm³/mol. The maximum atomic E-state index is 13.6. The minimum absolute atomic E-state index is 0.0485. The molecule has 0 radical (unpaired) electrons. The van der Waals surface area contributed by atoms with Gasteiger partial charge < -0.3 is 5.32 Å². The lowest BCUT2D eigenvalue weighted by atomic mass is 9.97. The van der Waals surface area contributed by atoms with E-state index in [1.54, 1.807) is 6.07 Å². The van der Waals surface area contributed by atoms with Crippen molar-refractivity contribution in [3.05, 3.63) is 69.0 Å². The molecule has 0 heterocycles. The summed E-state index contributed by atoms with van der Waals surface area (Å²) in [7, 11) is 0. The molecule has 0 aliphatic rings. The van der Waals surface area contributed by atoms with Crippen molar-refractivity contribution in [2.24, 2.45) is 0 Å². The minimum Gasteiger partial charge on any atom is -0.310 e. The van der Waals surface area contributed by atoms with E-state index in [-0.39, 0.29) is 16.9 Å². The van der Waals surface area contributed by atoms with E-state index in [2.05, 4.69) is 5.32 Å². The number of hydrogen-bond donors (Lipinski definition) is 1. The van der Waals surface area contributed by atoms with Gasteiger partial charge in [0.15, 0.2) is 0 Å². The van der Waals surface area contributed by atoms with Gasteiger partial charge in [-0.25, -0.2) is 4.39 Å². The van der Waals surface area contributed by atoms with Gasteiger partial charge in [0.1, 0.15) is 5.82 Å². The third-order valence-electron chi connectivity index (χ3n) is 3.50. The van der Waals surface area contributed by atoms with E-state index >= 15 is 0 Å². The smallest absolute Gasteiger partial charge is 0.142 e. The second-order valence-electron chi connectivity index (χ2n) is 5.04. The normalized spacial score (nSPS) is 12.4. The van der Waals surface area contributed by atoms with E-state index < -0.39 is 0 Å². The lowest BCUT2D eigenvalue weighted by molar-refractivity contribution is 0.547. The van der Waals surface area contributed by atoms with Gasteiger partial charge in [-0.3, -0.25) is 0 Å². The van der Waals surface area contributed by atoms with E-state index in [1.807, 2.05) is 38.1 Å². The van der Waals surface area contributed by atoms with Crippen LogP contribution in [0.1, 0.15) is 29.7 Å². The molecule has 1 unspecified atom stereocenters. The highest BCUT2D eigenvalue weighted by molar-refractivity contribution is 6.31. The zero-order chi connectivity index (χ0) is 15.4. The molecule has 0 aliphatic heterocycles. The van der Waals surface area contributed by atoms with Gasteiger partial charge in [-0.2, -0.15) is 0 Å². The molecule has 0 aliphatic carbocycles. The third kappa shape index (κ3) is 3.97. The Kier molecular flexibility index (Phi) is 5.63. The van der Waals surface area contributed by atoms with E-state index in [9.17, 15) is 4.39 Å². The first-order chi connectivity index (χ1) is 10.0. The quantitative estimate of drug-likeness (QED) is 0.782. The maximum absolute atomic E-state index is 13.6. The Morgan fingerprint density at radius 1 is 1.19 bits per heavy atom. The van der Waals surface area contributed by atoms with Crippen LogP contribution in [-0.4, -0.2) is 6.54 Å². The summed E-state index contributed by atoms with van der Waals surface area (Å²) in [4.78, 5) is 0. The third-order valence-corrected chi connectivity index (χ3v) is 4.33. The van der Waals surface area contributed by atoms with Crippen LogP contribution in [0.15, 0.2) is 36.4 Å². The number of aryl methyl sites for hydroxylation is 1. The molecule has 2 rings (SSSR count). The molecular weight excluding hydrogens is 308 g/mol. The van der Waals surface area contributed by atoms with Crippen LogP contribution in [0.25, 0.3) is 0 Å². The average molecular weight is 326 g/mol. The first kappa shape index (κ1) is 16.3. The SMILES string of the molecule is CCNC(Cc1cccc(F)c1Cl)c1ccc(C)c(Cl)c1. The van der Waals surface area contributed by atoms with Gasteiger partial charge in [-0.15, -0.1) is 0 Å². The largest absolute Gasteiger partial charge is 0.310 e. The van der Waals surface area contributed by atoms with Crippen LogP contribution < -0.4 is 5.32 Å². The maximum Gasteiger partial charge on any atom is 0.142 e. The fraction of sp³-hybridized carbons (Fsp3) is 0.294. The fourth-order valence-corrected chi connectivity index (χ4v) is 2.70. The summed E-state index contributed by atoms with van der Waals surface area (Å²) in [5, 5.41) is 4.33. The second kappa shape index (κ2) is 7.26. The van der Waals surface area contributed by atoms with E-state index in [4.69, 9.17) is 23.2 Å². The number of hydrogen-bond acceptors (Lipinski definition) is 1. The molecule has 2 aromatic carbocycles. The molecule has 0 saturated carbocycles. The molecule has 4 heteroatoms. The summed E-state index contributed by atoms with van der Waals surface area (Å²) < 4.78 is 13.6. The lowest BCUT2D eigenvalue weighted by Crippen LogP contribution is -2.23. The molecule has 112 valence electrons. The summed E-state index contributed by atoms with van der Waals surface area (Å²) in [6, 6.07) is 10.9. The molecule has 1 N–H and O–H groups in total. The monoisotopic (exact) mass is 325 g/mol. The summed E-state index contributed by atoms with van der Waals surface area (Å²) in [6.07, 6.45) is 0.615. The molecule has 0 amide bonds. The van der Waals surface area contributed by atoms with Crippen molar-refractivity contribution >= 4 is 23.2 Å². The summed E-state index contributed by atoms with van der Waals surface area (Å²) in [6.45, 7) is 4.82. The van der Waals surface area contributed by atoms with Crippen LogP contribution >= 0.6 is 23.2 Å². The summed E-state index contributed by atoms with van der Waals surface area (Å²) in [5.74, 6) is -0.383. The molecule has 1 atom stereocenters. The van der Waals surface area contributed by atoms with Gasteiger partial charge >= 0.3 is 0 Å². The molecule has 0 bridgehead atoms. The second-order valence-corrected chi connectivity index (χ2v) is 5.82. The zero-order valence-electron chi connectivity index (χ0n) is 12.1. The van der Waals surface area contributed by atoms with Crippen LogP contribution in [-0.2, 0) is 6.42 Å². The van der Waals surface area contributed by atoms with Gasteiger partial charge in [0.25, 0.3) is 0 Å². The van der Waals surface area contributed by atoms with Crippen LogP contribution in [0.3, 0.4) is 0 Å². The standard InChI is InChI=1S/C17H18Cl2FN/c1-3-21-16(12-8-7-11(2)14(18)9-12)10-13-5-4-6-15(20)17(13)19/h4-9,16,21H,3,10H2,1-2H3. The van der Waals surface area contributed by atoms with Crippen LogP contribution in [0.5, 0.6) is 0 Å². The molecule has 1 nitrogen and oxygen atoms in total. The molecule has 0 spiro atoms. The highest BCUT2D eigenvalue weighted by atomic mass is 35.5. The van der Waals surface area contributed by atoms with E-state index in [0.717, 1.165) is 28.3 Å². The topological polar surface area (TPSA) is 12.0 Å². The zero-order valence-corrected chi connectivity index (χ0v) is 13.6. The predicted octanol–water partition coefficient (Wildman–Crippen LogP) is 5.33. The van der Waals surface area contributed by atoms with Crippen molar-refractivity contribution in [2.45, 2.75) is 26.3 Å². The highest BCUT2D eigenvalue weighted by Gasteiger charge is 2.15. The molecule has 2 aromatic rings. The number of rotatable bonds is 5. The van der Waals surface area contributed by atoms with Gasteiger partial charge in [0, 0.05) is 11.1 Å². The average Bonchev–Trinajstić information content (AvgIpc) is 2.46. The number of likely N-dealkylation sites (N-methyl/N-ethyl adjacent to an activating group) is 1. The number of halogens is 3. The molecule has 21 heavy (non-hydrogen) atoms.